The van der Waals surface area contributed by atoms with E-state index in [0.29, 0.717) is 22.3 Å². The van der Waals surface area contributed by atoms with Crippen LogP contribution in [0.1, 0.15) is 36.4 Å². The Bertz CT molecular complexity index is 995. The largest absolute Gasteiger partial charge is 0.479 e. The van der Waals surface area contributed by atoms with Gasteiger partial charge in [0.1, 0.15) is 17.4 Å². The summed E-state index contributed by atoms with van der Waals surface area (Å²) in [6, 6.07) is 10.4. The van der Waals surface area contributed by atoms with Crippen LogP contribution in [-0.2, 0) is 16.1 Å². The smallest absolute Gasteiger partial charge is 0.347 e. The molecule has 1 aliphatic rings. The molecule has 1 aromatic carbocycles. The van der Waals surface area contributed by atoms with Gasteiger partial charge in [-0.05, 0) is 31.9 Å². The fraction of sp³-hybridized carbons (Fsp3) is 0.333. The molecule has 4 rings (SSSR count). The first-order chi connectivity index (χ1) is 12.6. The summed E-state index contributed by atoms with van der Waals surface area (Å²) >= 11 is 1.41. The van der Waals surface area contributed by atoms with E-state index in [1.54, 1.807) is 19.1 Å². The molecule has 0 unspecified atom stereocenters. The van der Waals surface area contributed by atoms with Gasteiger partial charge in [0.25, 0.3) is 5.56 Å². The number of hydrogen-bond donors (Lipinski definition) is 0. The fourth-order valence-electron chi connectivity index (χ4n) is 2.45. The first-order valence-electron chi connectivity index (χ1n) is 8.38. The van der Waals surface area contributed by atoms with Crippen LogP contribution in [-0.4, -0.2) is 26.7 Å². The van der Waals surface area contributed by atoms with Crippen LogP contribution in [0, 0.1) is 0 Å². The lowest BCUT2D eigenvalue weighted by molar-refractivity contribution is -0.152. The van der Waals surface area contributed by atoms with Crippen LogP contribution in [0.3, 0.4) is 0 Å². The van der Waals surface area contributed by atoms with E-state index in [-0.39, 0.29) is 12.2 Å². The predicted octanol–water partition coefficient (Wildman–Crippen LogP) is 2.54. The van der Waals surface area contributed by atoms with E-state index in [4.69, 9.17) is 9.47 Å². The van der Waals surface area contributed by atoms with Gasteiger partial charge in [-0.25, -0.2) is 9.78 Å². The average Bonchev–Trinajstić information content (AvgIpc) is 3.40. The highest BCUT2D eigenvalue weighted by molar-refractivity contribution is 7.16. The maximum Gasteiger partial charge on any atom is 0.347 e. The van der Waals surface area contributed by atoms with E-state index in [1.807, 2.05) is 18.2 Å². The van der Waals surface area contributed by atoms with E-state index >= 15 is 0 Å². The minimum absolute atomic E-state index is 0.0796. The predicted molar refractivity (Wildman–Crippen MR) is 95.4 cm³/mol. The van der Waals surface area contributed by atoms with Crippen LogP contribution >= 0.6 is 11.3 Å². The molecule has 0 aliphatic heterocycles. The lowest BCUT2D eigenvalue weighted by atomic mass is 10.3. The summed E-state index contributed by atoms with van der Waals surface area (Å²) < 4.78 is 12.1. The summed E-state index contributed by atoms with van der Waals surface area (Å²) in [6.07, 6.45) is 1.46. The second-order valence-electron chi connectivity index (χ2n) is 6.18. The third-order valence-electron chi connectivity index (χ3n) is 3.99. The normalized spacial score (nSPS) is 15.0. The second-order valence-corrected chi connectivity index (χ2v) is 7.16. The molecule has 0 saturated heterocycles. The molecule has 1 aliphatic carbocycles. The third-order valence-corrected chi connectivity index (χ3v) is 5.06. The van der Waals surface area contributed by atoms with Crippen molar-refractivity contribution in [3.8, 4) is 5.75 Å². The molecular weight excluding hydrogens is 354 g/mol. The molecule has 1 atom stereocenters. The number of para-hydroxylation sites is 1. The van der Waals surface area contributed by atoms with Gasteiger partial charge in [-0.1, -0.05) is 29.5 Å². The molecule has 1 saturated carbocycles. The van der Waals surface area contributed by atoms with Gasteiger partial charge in [-0.3, -0.25) is 4.79 Å². The van der Waals surface area contributed by atoms with Crippen LogP contribution in [0.15, 0.2) is 41.2 Å². The second kappa shape index (κ2) is 6.87. The Kier molecular flexibility index (Phi) is 4.42. The molecule has 0 N–H and O–H groups in total. The van der Waals surface area contributed by atoms with Gasteiger partial charge in [-0.15, -0.1) is 0 Å². The van der Waals surface area contributed by atoms with Gasteiger partial charge >= 0.3 is 5.97 Å². The molecule has 2 aromatic heterocycles. The summed E-state index contributed by atoms with van der Waals surface area (Å²) in [7, 11) is 0. The minimum Gasteiger partial charge on any atom is -0.479 e. The number of nitrogens with zero attached hydrogens (tertiary/aromatic N) is 3. The average molecular weight is 371 g/mol. The maximum absolute atomic E-state index is 12.2. The van der Waals surface area contributed by atoms with Crippen molar-refractivity contribution < 1.29 is 14.3 Å². The molecule has 8 heteroatoms. The van der Waals surface area contributed by atoms with E-state index in [2.05, 4.69) is 10.1 Å². The van der Waals surface area contributed by atoms with Crippen molar-refractivity contribution in [2.75, 3.05) is 0 Å². The number of aromatic nitrogens is 3. The van der Waals surface area contributed by atoms with Crippen LogP contribution in [0.2, 0.25) is 0 Å². The van der Waals surface area contributed by atoms with Crippen molar-refractivity contribution in [1.82, 2.24) is 14.6 Å². The molecule has 1 fully saturated rings. The van der Waals surface area contributed by atoms with Crippen LogP contribution in [0.25, 0.3) is 4.96 Å². The van der Waals surface area contributed by atoms with Gasteiger partial charge in [0.15, 0.2) is 6.10 Å². The molecule has 0 spiro atoms. The molecule has 26 heavy (non-hydrogen) atoms. The van der Waals surface area contributed by atoms with Crippen molar-refractivity contribution in [1.29, 1.82) is 0 Å². The fourth-order valence-corrected chi connectivity index (χ4v) is 3.55. The molecule has 0 amide bonds. The zero-order valence-corrected chi connectivity index (χ0v) is 14.9. The molecule has 0 bridgehead atoms. The standard InChI is InChI=1S/C18H17N3O4S/c1-11(25-14-5-3-2-4-6-14)17(23)24-10-13-9-15(22)21-18(19-13)26-16(20-21)12-7-8-12/h2-6,9,11-12H,7-8,10H2,1H3/t11-/m0/s1. The van der Waals surface area contributed by atoms with Gasteiger partial charge in [0.05, 0.1) is 5.69 Å². The number of esters is 1. The quantitative estimate of drug-likeness (QED) is 0.619. The van der Waals surface area contributed by atoms with Crippen molar-refractivity contribution in [3.05, 3.63) is 57.5 Å². The monoisotopic (exact) mass is 371 g/mol. The Morgan fingerprint density at radius 2 is 2.12 bits per heavy atom. The van der Waals surface area contributed by atoms with Crippen LogP contribution in [0.5, 0.6) is 5.75 Å². The van der Waals surface area contributed by atoms with Crippen molar-refractivity contribution in [2.45, 2.75) is 38.4 Å². The highest BCUT2D eigenvalue weighted by Gasteiger charge is 2.28. The SMILES string of the molecule is C[C@H](Oc1ccccc1)C(=O)OCc1cc(=O)n2nc(C3CC3)sc2n1. The Hall–Kier alpha value is -2.74. The van der Waals surface area contributed by atoms with E-state index < -0.39 is 12.1 Å². The van der Waals surface area contributed by atoms with Gasteiger partial charge in [-0.2, -0.15) is 9.61 Å². The highest BCUT2D eigenvalue weighted by atomic mass is 32.1. The summed E-state index contributed by atoms with van der Waals surface area (Å²) in [5, 5.41) is 5.26. The Morgan fingerprint density at radius 3 is 2.85 bits per heavy atom. The number of hydrogen-bond acceptors (Lipinski definition) is 7. The zero-order valence-electron chi connectivity index (χ0n) is 14.1. The summed E-state index contributed by atoms with van der Waals surface area (Å²) in [4.78, 5) is 29.2. The highest BCUT2D eigenvalue weighted by Crippen LogP contribution is 2.41. The van der Waals surface area contributed by atoms with E-state index in [9.17, 15) is 9.59 Å². The van der Waals surface area contributed by atoms with E-state index in [1.165, 1.54) is 21.9 Å². The maximum atomic E-state index is 12.2. The van der Waals surface area contributed by atoms with Crippen molar-refractivity contribution in [2.24, 2.45) is 0 Å². The number of rotatable bonds is 6. The first-order valence-corrected chi connectivity index (χ1v) is 9.20. The number of benzene rings is 1. The topological polar surface area (TPSA) is 82.8 Å². The summed E-state index contributed by atoms with van der Waals surface area (Å²) in [5.41, 5.74) is 0.138. The number of carbonyl (C=O) groups excluding carboxylic acids is 1. The molecule has 2 heterocycles. The number of ether oxygens (including phenoxy) is 2. The lowest BCUT2D eigenvalue weighted by Crippen LogP contribution is -2.26. The molecule has 0 radical (unpaired) electrons. The molecule has 7 nitrogen and oxygen atoms in total. The molecule has 3 aromatic rings. The van der Waals surface area contributed by atoms with Gasteiger partial charge in [0, 0.05) is 12.0 Å². The van der Waals surface area contributed by atoms with Crippen LogP contribution < -0.4 is 10.3 Å². The lowest BCUT2D eigenvalue weighted by Gasteiger charge is -2.13. The van der Waals surface area contributed by atoms with Gasteiger partial charge < -0.3 is 9.47 Å². The van der Waals surface area contributed by atoms with Crippen LogP contribution in [0.4, 0.5) is 0 Å². The Morgan fingerprint density at radius 1 is 1.35 bits per heavy atom. The van der Waals surface area contributed by atoms with Crippen molar-refractivity contribution >= 4 is 22.3 Å². The summed E-state index contributed by atoms with van der Waals surface area (Å²) in [5.74, 6) is 0.532. The van der Waals surface area contributed by atoms with Gasteiger partial charge in [0.2, 0.25) is 4.96 Å². The third kappa shape index (κ3) is 3.60. The van der Waals surface area contributed by atoms with E-state index in [0.717, 1.165) is 17.8 Å². The molecule has 134 valence electrons. The Labute approximate surface area is 153 Å². The number of carbonyl (C=O) groups is 1. The Balaban J connectivity index is 1.42. The minimum atomic E-state index is -0.757. The molecular formula is C18H17N3O4S. The number of fused-ring (bicyclic) bond motifs is 1. The summed E-state index contributed by atoms with van der Waals surface area (Å²) in [6.45, 7) is 1.54. The zero-order chi connectivity index (χ0) is 18.1. The van der Waals surface area contributed by atoms with Crippen molar-refractivity contribution in [3.63, 3.8) is 0 Å². The first kappa shape index (κ1) is 16.7.